The molecule has 0 atom stereocenters. The van der Waals surface area contributed by atoms with E-state index in [9.17, 15) is 0 Å². The zero-order chi connectivity index (χ0) is 27.0. The van der Waals surface area contributed by atoms with E-state index >= 15 is 0 Å². The summed E-state index contributed by atoms with van der Waals surface area (Å²) in [4.78, 5) is 0. The van der Waals surface area contributed by atoms with Crippen LogP contribution in [-0.4, -0.2) is 0 Å². The Morgan fingerprint density at radius 2 is 0.500 bits per heavy atom. The lowest BCUT2D eigenvalue weighted by Gasteiger charge is -2.33. The molecule has 40 heavy (non-hydrogen) atoms. The summed E-state index contributed by atoms with van der Waals surface area (Å²) in [6.45, 7) is 0. The first-order valence-corrected chi connectivity index (χ1v) is 13.9. The molecular weight excluding hydrogens is 480 g/mol. The van der Waals surface area contributed by atoms with Crippen LogP contribution in [0.1, 0.15) is 45.2 Å². The highest BCUT2D eigenvalue weighted by Crippen LogP contribution is 2.48. The van der Waals surface area contributed by atoms with E-state index in [0.717, 1.165) is 0 Å². The highest BCUT2D eigenvalue weighted by Gasteiger charge is 2.32. The van der Waals surface area contributed by atoms with Crippen molar-refractivity contribution in [2.75, 3.05) is 0 Å². The van der Waals surface area contributed by atoms with Crippen molar-refractivity contribution >= 4 is 5.57 Å². The Labute approximate surface area is 237 Å². The Balaban J connectivity index is 1.79. The lowest BCUT2D eigenvalue weighted by Crippen LogP contribution is -2.17. The maximum atomic E-state index is 2.28. The van der Waals surface area contributed by atoms with E-state index in [0.29, 0.717) is 0 Å². The van der Waals surface area contributed by atoms with E-state index < -0.39 is 0 Å². The predicted octanol–water partition coefficient (Wildman–Crippen LogP) is 10.2. The number of hydrogen-bond acceptors (Lipinski definition) is 0. The second-order valence-electron chi connectivity index (χ2n) is 10.1. The molecule has 0 amide bonds. The van der Waals surface area contributed by atoms with Gasteiger partial charge in [0.25, 0.3) is 0 Å². The molecule has 0 saturated heterocycles. The van der Waals surface area contributed by atoms with E-state index in [4.69, 9.17) is 0 Å². The minimum atomic E-state index is 0.0308. The molecular formula is C40H32. The van der Waals surface area contributed by atoms with Crippen LogP contribution in [0.2, 0.25) is 0 Å². The molecule has 0 heterocycles. The molecule has 0 unspecified atom stereocenters. The van der Waals surface area contributed by atoms with Crippen molar-refractivity contribution in [3.63, 3.8) is 0 Å². The van der Waals surface area contributed by atoms with Gasteiger partial charge in [-0.15, -0.1) is 0 Å². The van der Waals surface area contributed by atoms with Gasteiger partial charge < -0.3 is 0 Å². The molecule has 0 fully saturated rings. The SMILES string of the molecule is c1ccc(C(=C(C(c2ccccc2)c2ccccc2)C(c2ccccc2)c2ccccc2)c2ccccc2)cc1. The summed E-state index contributed by atoms with van der Waals surface area (Å²) in [5.41, 5.74) is 10.2. The van der Waals surface area contributed by atoms with Crippen LogP contribution < -0.4 is 0 Å². The van der Waals surface area contributed by atoms with Gasteiger partial charge in [-0.25, -0.2) is 0 Å². The van der Waals surface area contributed by atoms with Crippen LogP contribution in [0.25, 0.3) is 5.57 Å². The fourth-order valence-electron chi connectivity index (χ4n) is 5.85. The van der Waals surface area contributed by atoms with Gasteiger partial charge in [-0.1, -0.05) is 182 Å². The Kier molecular flexibility index (Phi) is 7.78. The van der Waals surface area contributed by atoms with Gasteiger partial charge in [0.1, 0.15) is 0 Å². The van der Waals surface area contributed by atoms with Crippen molar-refractivity contribution in [2.45, 2.75) is 11.8 Å². The number of allylic oxidation sites excluding steroid dienone is 1. The molecule has 6 aromatic carbocycles. The minimum Gasteiger partial charge on any atom is -0.0622 e. The molecule has 0 radical (unpaired) electrons. The molecule has 0 aromatic heterocycles. The Hall–Kier alpha value is -4.94. The van der Waals surface area contributed by atoms with Crippen LogP contribution >= 0.6 is 0 Å². The highest BCUT2D eigenvalue weighted by atomic mass is 14.3. The first kappa shape index (κ1) is 25.3. The third-order valence-electron chi connectivity index (χ3n) is 7.57. The maximum Gasteiger partial charge on any atom is 0.0317 e. The van der Waals surface area contributed by atoms with Crippen LogP contribution in [-0.2, 0) is 0 Å². The number of benzene rings is 6. The molecule has 0 aliphatic rings. The summed E-state index contributed by atoms with van der Waals surface area (Å²) in [7, 11) is 0. The topological polar surface area (TPSA) is 0 Å². The summed E-state index contributed by atoms with van der Waals surface area (Å²) in [5, 5.41) is 0. The van der Waals surface area contributed by atoms with Crippen molar-refractivity contribution in [3.05, 3.63) is 221 Å². The van der Waals surface area contributed by atoms with Crippen LogP contribution in [0.5, 0.6) is 0 Å². The largest absolute Gasteiger partial charge is 0.0622 e. The molecule has 0 spiro atoms. The molecule has 0 N–H and O–H groups in total. The van der Waals surface area contributed by atoms with Crippen LogP contribution in [0.3, 0.4) is 0 Å². The molecule has 0 nitrogen and oxygen atoms in total. The molecule has 6 rings (SSSR count). The zero-order valence-corrected chi connectivity index (χ0v) is 22.5. The number of hydrogen-bond donors (Lipinski definition) is 0. The summed E-state index contributed by atoms with van der Waals surface area (Å²) >= 11 is 0. The Morgan fingerprint density at radius 3 is 0.750 bits per heavy atom. The van der Waals surface area contributed by atoms with Gasteiger partial charge in [-0.05, 0) is 44.5 Å². The van der Waals surface area contributed by atoms with E-state index in [1.807, 2.05) is 0 Å². The van der Waals surface area contributed by atoms with Crippen molar-refractivity contribution < 1.29 is 0 Å². The summed E-state index contributed by atoms with van der Waals surface area (Å²) < 4.78 is 0. The van der Waals surface area contributed by atoms with Crippen molar-refractivity contribution in [2.24, 2.45) is 0 Å². The molecule has 0 heteroatoms. The van der Waals surface area contributed by atoms with E-state index in [1.165, 1.54) is 44.5 Å². The highest BCUT2D eigenvalue weighted by molar-refractivity contribution is 5.85. The van der Waals surface area contributed by atoms with E-state index in [2.05, 4.69) is 182 Å². The Morgan fingerprint density at radius 1 is 0.275 bits per heavy atom. The average molecular weight is 513 g/mol. The second kappa shape index (κ2) is 12.3. The second-order valence-corrected chi connectivity index (χ2v) is 10.1. The van der Waals surface area contributed by atoms with Gasteiger partial charge >= 0.3 is 0 Å². The molecule has 0 aliphatic heterocycles. The van der Waals surface area contributed by atoms with E-state index in [1.54, 1.807) is 0 Å². The summed E-state index contributed by atoms with van der Waals surface area (Å²) in [6, 6.07) is 65.7. The first-order valence-electron chi connectivity index (χ1n) is 13.9. The summed E-state index contributed by atoms with van der Waals surface area (Å²) in [5.74, 6) is 0.0615. The van der Waals surface area contributed by atoms with E-state index in [-0.39, 0.29) is 11.8 Å². The van der Waals surface area contributed by atoms with Crippen molar-refractivity contribution in [3.8, 4) is 0 Å². The first-order chi connectivity index (χ1) is 19.9. The molecule has 0 aliphatic carbocycles. The Bertz CT molecular complexity index is 1430. The van der Waals surface area contributed by atoms with Gasteiger partial charge in [-0.2, -0.15) is 0 Å². The fourth-order valence-corrected chi connectivity index (χ4v) is 5.85. The lowest BCUT2D eigenvalue weighted by molar-refractivity contribution is 0.821. The van der Waals surface area contributed by atoms with Gasteiger partial charge in [-0.3, -0.25) is 0 Å². The molecule has 0 bridgehead atoms. The molecule has 6 aromatic rings. The van der Waals surface area contributed by atoms with Crippen molar-refractivity contribution in [1.29, 1.82) is 0 Å². The monoisotopic (exact) mass is 512 g/mol. The average Bonchev–Trinajstić information content (AvgIpc) is 3.04. The number of rotatable bonds is 8. The maximum absolute atomic E-state index is 2.28. The normalized spacial score (nSPS) is 10.9. The lowest BCUT2D eigenvalue weighted by atomic mass is 9.70. The van der Waals surface area contributed by atoms with Gasteiger partial charge in [0.05, 0.1) is 0 Å². The smallest absolute Gasteiger partial charge is 0.0317 e. The quantitative estimate of drug-likeness (QED) is 0.190. The summed E-state index contributed by atoms with van der Waals surface area (Å²) in [6.07, 6.45) is 0. The molecule has 0 saturated carbocycles. The minimum absolute atomic E-state index is 0.0308. The third-order valence-corrected chi connectivity index (χ3v) is 7.57. The van der Waals surface area contributed by atoms with Crippen LogP contribution in [0.4, 0.5) is 0 Å². The standard InChI is InChI=1S/C40H32/c1-7-19-31(20-8-1)37(32-21-9-2-10-22-32)40(38(33-23-11-3-12-24-33)34-25-13-4-14-26-34)39(35-27-15-5-16-28-35)36-29-17-6-18-30-36/h1-30,37-38H. The van der Waals surface area contributed by atoms with Crippen LogP contribution in [0, 0.1) is 0 Å². The zero-order valence-electron chi connectivity index (χ0n) is 22.5. The fraction of sp³-hybridized carbons (Fsp3) is 0.0500. The van der Waals surface area contributed by atoms with Crippen LogP contribution in [0.15, 0.2) is 188 Å². The third kappa shape index (κ3) is 5.44. The predicted molar refractivity (Wildman–Crippen MR) is 168 cm³/mol. The van der Waals surface area contributed by atoms with Gasteiger partial charge in [0.2, 0.25) is 0 Å². The van der Waals surface area contributed by atoms with Gasteiger partial charge in [0.15, 0.2) is 0 Å². The van der Waals surface area contributed by atoms with Crippen molar-refractivity contribution in [1.82, 2.24) is 0 Å². The molecule has 192 valence electrons. The van der Waals surface area contributed by atoms with Gasteiger partial charge in [0, 0.05) is 11.8 Å².